The van der Waals surface area contributed by atoms with Gasteiger partial charge in [-0.15, -0.1) is 0 Å². The van der Waals surface area contributed by atoms with E-state index in [0.717, 1.165) is 5.56 Å². The summed E-state index contributed by atoms with van der Waals surface area (Å²) in [5, 5.41) is 18.0. The smallest absolute Gasteiger partial charge is 0.261 e. The molecule has 5 nitrogen and oxygen atoms in total. The quantitative estimate of drug-likeness (QED) is 0.763. The topological polar surface area (TPSA) is 86.6 Å². The molecule has 2 rings (SSSR count). The van der Waals surface area contributed by atoms with Crippen molar-refractivity contribution in [2.75, 3.05) is 11.3 Å². The molecule has 0 saturated heterocycles. The first-order valence-corrected chi connectivity index (χ1v) is 8.01. The summed E-state index contributed by atoms with van der Waals surface area (Å²) in [4.78, 5) is 0.0843. The lowest BCUT2D eigenvalue weighted by Crippen LogP contribution is -2.12. The number of phenolic OH excluding ortho intramolecular Hbond substituents is 1. The van der Waals surface area contributed by atoms with Gasteiger partial charge in [-0.2, -0.15) is 0 Å². The molecule has 0 bridgehead atoms. The lowest BCUT2D eigenvalue weighted by molar-refractivity contribution is 0.288. The van der Waals surface area contributed by atoms with E-state index in [9.17, 15) is 13.5 Å². The minimum Gasteiger partial charge on any atom is -0.508 e. The lowest BCUT2D eigenvalue weighted by Gasteiger charge is -2.09. The second-order valence-electron chi connectivity index (χ2n) is 4.63. The SMILES string of the molecule is O=S(=O)(Nc1cccc(CCCO)c1)c1ccc(O)cc1. The Kier molecular flexibility index (Phi) is 4.82. The molecule has 6 heteroatoms. The summed E-state index contributed by atoms with van der Waals surface area (Å²) in [6.07, 6.45) is 1.32. The number of aliphatic hydroxyl groups excluding tert-OH is 1. The number of aliphatic hydroxyl groups is 1. The normalized spacial score (nSPS) is 11.3. The Labute approximate surface area is 123 Å². The predicted molar refractivity (Wildman–Crippen MR) is 80.8 cm³/mol. The van der Waals surface area contributed by atoms with Gasteiger partial charge in [0.05, 0.1) is 4.90 Å². The molecule has 0 saturated carbocycles. The third-order valence-electron chi connectivity index (χ3n) is 2.95. The van der Waals surface area contributed by atoms with Gasteiger partial charge in [-0.25, -0.2) is 8.42 Å². The van der Waals surface area contributed by atoms with Crippen LogP contribution in [0.4, 0.5) is 5.69 Å². The highest BCUT2D eigenvalue weighted by molar-refractivity contribution is 7.92. The minimum atomic E-state index is -3.68. The van der Waals surface area contributed by atoms with Gasteiger partial charge in [0.25, 0.3) is 10.0 Å². The molecule has 0 heterocycles. The summed E-state index contributed by atoms with van der Waals surface area (Å²) in [5.41, 5.74) is 1.42. The summed E-state index contributed by atoms with van der Waals surface area (Å²) in [5.74, 6) is 0.0138. The average molecular weight is 307 g/mol. The van der Waals surface area contributed by atoms with E-state index in [1.807, 2.05) is 6.07 Å². The number of hydrogen-bond acceptors (Lipinski definition) is 4. The Morgan fingerprint density at radius 1 is 1.05 bits per heavy atom. The maximum absolute atomic E-state index is 12.2. The molecule has 0 spiro atoms. The highest BCUT2D eigenvalue weighted by Gasteiger charge is 2.14. The summed E-state index contributed by atoms with van der Waals surface area (Å²) < 4.78 is 26.9. The van der Waals surface area contributed by atoms with Crippen molar-refractivity contribution < 1.29 is 18.6 Å². The molecular weight excluding hydrogens is 290 g/mol. The van der Waals surface area contributed by atoms with Crippen LogP contribution in [-0.2, 0) is 16.4 Å². The van der Waals surface area contributed by atoms with E-state index < -0.39 is 10.0 Å². The number of phenols is 1. The Balaban J connectivity index is 2.18. The van der Waals surface area contributed by atoms with Gasteiger partial charge in [-0.3, -0.25) is 4.72 Å². The van der Waals surface area contributed by atoms with E-state index in [1.165, 1.54) is 24.3 Å². The molecule has 0 unspecified atom stereocenters. The molecule has 0 fully saturated rings. The number of nitrogens with one attached hydrogen (secondary N) is 1. The number of aromatic hydroxyl groups is 1. The van der Waals surface area contributed by atoms with Gasteiger partial charge < -0.3 is 10.2 Å². The van der Waals surface area contributed by atoms with E-state index in [4.69, 9.17) is 5.11 Å². The van der Waals surface area contributed by atoms with Gasteiger partial charge >= 0.3 is 0 Å². The summed E-state index contributed by atoms with van der Waals surface area (Å²) >= 11 is 0. The van der Waals surface area contributed by atoms with Crippen LogP contribution in [0.2, 0.25) is 0 Å². The van der Waals surface area contributed by atoms with Crippen LogP contribution in [0.5, 0.6) is 5.75 Å². The van der Waals surface area contributed by atoms with E-state index in [1.54, 1.807) is 18.2 Å². The van der Waals surface area contributed by atoms with Crippen LogP contribution in [0.1, 0.15) is 12.0 Å². The van der Waals surface area contributed by atoms with Crippen molar-refractivity contribution in [3.05, 3.63) is 54.1 Å². The number of anilines is 1. The van der Waals surface area contributed by atoms with Crippen molar-refractivity contribution >= 4 is 15.7 Å². The van der Waals surface area contributed by atoms with Gasteiger partial charge in [-0.1, -0.05) is 12.1 Å². The van der Waals surface area contributed by atoms with E-state index >= 15 is 0 Å². The Bertz CT molecular complexity index is 696. The second-order valence-corrected chi connectivity index (χ2v) is 6.31. The lowest BCUT2D eigenvalue weighted by atomic mass is 10.1. The average Bonchev–Trinajstić information content (AvgIpc) is 2.45. The summed E-state index contributed by atoms with van der Waals surface area (Å²) in [6, 6.07) is 12.4. The number of hydrogen-bond donors (Lipinski definition) is 3. The molecule has 0 aliphatic rings. The zero-order valence-electron chi connectivity index (χ0n) is 11.4. The van der Waals surface area contributed by atoms with Crippen LogP contribution in [0.3, 0.4) is 0 Å². The molecular formula is C15H17NO4S. The molecule has 0 aliphatic carbocycles. The molecule has 2 aromatic carbocycles. The first kappa shape index (κ1) is 15.3. The highest BCUT2D eigenvalue weighted by atomic mass is 32.2. The van der Waals surface area contributed by atoms with Gasteiger partial charge in [-0.05, 0) is 54.8 Å². The monoisotopic (exact) mass is 307 g/mol. The van der Waals surface area contributed by atoms with Crippen LogP contribution in [0.25, 0.3) is 0 Å². The summed E-state index contributed by atoms with van der Waals surface area (Å²) in [7, 11) is -3.68. The number of sulfonamides is 1. The van der Waals surface area contributed by atoms with Crippen LogP contribution in [0.15, 0.2) is 53.4 Å². The fourth-order valence-corrected chi connectivity index (χ4v) is 2.96. The predicted octanol–water partition coefficient (Wildman–Crippen LogP) is 2.12. The van der Waals surface area contributed by atoms with Gasteiger partial charge in [0.2, 0.25) is 0 Å². The van der Waals surface area contributed by atoms with Crippen molar-refractivity contribution in [2.45, 2.75) is 17.7 Å². The van der Waals surface area contributed by atoms with Crippen molar-refractivity contribution in [2.24, 2.45) is 0 Å². The van der Waals surface area contributed by atoms with Gasteiger partial charge in [0.15, 0.2) is 0 Å². The van der Waals surface area contributed by atoms with Gasteiger partial charge in [0, 0.05) is 12.3 Å². The summed E-state index contributed by atoms with van der Waals surface area (Å²) in [6.45, 7) is 0.101. The van der Waals surface area contributed by atoms with Crippen LogP contribution in [0, 0.1) is 0 Å². The fraction of sp³-hybridized carbons (Fsp3) is 0.200. The second kappa shape index (κ2) is 6.60. The Morgan fingerprint density at radius 2 is 1.76 bits per heavy atom. The molecule has 21 heavy (non-hydrogen) atoms. The molecule has 3 N–H and O–H groups in total. The van der Waals surface area contributed by atoms with E-state index in [2.05, 4.69) is 4.72 Å². The maximum Gasteiger partial charge on any atom is 0.261 e. The molecule has 0 aromatic heterocycles. The van der Waals surface area contributed by atoms with E-state index in [-0.39, 0.29) is 17.3 Å². The highest BCUT2D eigenvalue weighted by Crippen LogP contribution is 2.19. The van der Waals surface area contributed by atoms with Crippen LogP contribution < -0.4 is 4.72 Å². The maximum atomic E-state index is 12.2. The third-order valence-corrected chi connectivity index (χ3v) is 4.35. The largest absolute Gasteiger partial charge is 0.508 e. The standard InChI is InChI=1S/C15H17NO4S/c17-10-2-4-12-3-1-5-13(11-12)16-21(19,20)15-8-6-14(18)7-9-15/h1,3,5-9,11,16-18H,2,4,10H2. The van der Waals surface area contributed by atoms with Gasteiger partial charge in [0.1, 0.15) is 5.75 Å². The number of rotatable bonds is 6. The van der Waals surface area contributed by atoms with Crippen LogP contribution >= 0.6 is 0 Å². The zero-order valence-corrected chi connectivity index (χ0v) is 12.2. The van der Waals surface area contributed by atoms with E-state index in [0.29, 0.717) is 18.5 Å². The third kappa shape index (κ3) is 4.21. The van der Waals surface area contributed by atoms with Crippen molar-refractivity contribution in [1.29, 1.82) is 0 Å². The van der Waals surface area contributed by atoms with Crippen molar-refractivity contribution in [3.8, 4) is 5.75 Å². The first-order valence-electron chi connectivity index (χ1n) is 6.53. The zero-order chi connectivity index (χ0) is 15.3. The molecule has 2 aromatic rings. The van der Waals surface area contributed by atoms with Crippen LogP contribution in [-0.4, -0.2) is 25.2 Å². The fourth-order valence-electron chi connectivity index (χ4n) is 1.91. The van der Waals surface area contributed by atoms with Crippen molar-refractivity contribution in [1.82, 2.24) is 0 Å². The first-order chi connectivity index (χ1) is 10.0. The number of benzene rings is 2. The molecule has 0 atom stereocenters. The number of aryl methyl sites for hydroxylation is 1. The Morgan fingerprint density at radius 3 is 2.43 bits per heavy atom. The Hall–Kier alpha value is -2.05. The van der Waals surface area contributed by atoms with Crippen molar-refractivity contribution in [3.63, 3.8) is 0 Å². The molecule has 0 aliphatic heterocycles. The molecule has 0 radical (unpaired) electrons. The molecule has 112 valence electrons. The minimum absolute atomic E-state index is 0.0138. The molecule has 0 amide bonds.